The second kappa shape index (κ2) is 10.7. The van der Waals surface area contributed by atoms with E-state index in [4.69, 9.17) is 4.74 Å². The molecular weight excluding hydrogens is 410 g/mol. The molecule has 0 unspecified atom stereocenters. The summed E-state index contributed by atoms with van der Waals surface area (Å²) in [4.78, 5) is 33.0. The number of likely N-dealkylation sites (tertiary alicyclic amines) is 2. The molecule has 180 valence electrons. The van der Waals surface area contributed by atoms with E-state index in [1.807, 2.05) is 22.7 Å². The van der Waals surface area contributed by atoms with Crippen LogP contribution < -0.4 is 5.32 Å². The molecular formula is C23H39N5O4. The van der Waals surface area contributed by atoms with Crippen LogP contribution >= 0.6 is 0 Å². The Balaban J connectivity index is 1.40. The molecule has 0 aliphatic carbocycles. The first kappa shape index (κ1) is 24.5. The zero-order chi connectivity index (χ0) is 23.3. The maximum atomic E-state index is 12.6. The molecule has 0 saturated carbocycles. The molecule has 2 N–H and O–H groups in total. The number of aromatic nitrogens is 2. The molecule has 3 heterocycles. The summed E-state index contributed by atoms with van der Waals surface area (Å²) in [5, 5.41) is 13.3. The molecule has 2 atom stereocenters. The van der Waals surface area contributed by atoms with E-state index < -0.39 is 17.8 Å². The Morgan fingerprint density at radius 1 is 1.25 bits per heavy atom. The molecule has 1 aromatic rings. The summed E-state index contributed by atoms with van der Waals surface area (Å²) in [7, 11) is 1.92. The fourth-order valence-electron chi connectivity index (χ4n) is 4.70. The third-order valence-electron chi connectivity index (χ3n) is 6.37. The van der Waals surface area contributed by atoms with Gasteiger partial charge in [-0.25, -0.2) is 9.78 Å². The number of carbonyl (C=O) groups excluding carboxylic acids is 2. The molecule has 3 rings (SSSR count). The summed E-state index contributed by atoms with van der Waals surface area (Å²) < 4.78 is 7.09. The Morgan fingerprint density at radius 3 is 2.59 bits per heavy atom. The van der Waals surface area contributed by atoms with Gasteiger partial charge in [0.25, 0.3) is 0 Å². The number of hydrogen-bond acceptors (Lipinski definition) is 6. The minimum atomic E-state index is -0.579. The molecule has 9 nitrogen and oxygen atoms in total. The van der Waals surface area contributed by atoms with Crippen LogP contribution in [-0.2, 0) is 16.6 Å². The number of aryl methyl sites for hydroxylation is 1. The van der Waals surface area contributed by atoms with Crippen molar-refractivity contribution in [2.24, 2.45) is 18.9 Å². The van der Waals surface area contributed by atoms with E-state index in [-0.39, 0.29) is 18.4 Å². The number of hydrogen-bond donors (Lipinski definition) is 2. The van der Waals surface area contributed by atoms with Gasteiger partial charge in [0, 0.05) is 39.1 Å². The van der Waals surface area contributed by atoms with Crippen LogP contribution in [0.15, 0.2) is 12.4 Å². The van der Waals surface area contributed by atoms with Gasteiger partial charge in [0.15, 0.2) is 0 Å². The Bertz CT molecular complexity index is 767. The Morgan fingerprint density at radius 2 is 1.97 bits per heavy atom. The van der Waals surface area contributed by atoms with Gasteiger partial charge < -0.3 is 29.5 Å². The van der Waals surface area contributed by atoms with Gasteiger partial charge in [0.05, 0.1) is 0 Å². The summed E-state index contributed by atoms with van der Waals surface area (Å²) in [6.45, 7) is 9.71. The molecule has 2 aliphatic rings. The van der Waals surface area contributed by atoms with Gasteiger partial charge in [-0.15, -0.1) is 0 Å². The molecule has 0 aromatic carbocycles. The van der Waals surface area contributed by atoms with Crippen molar-refractivity contribution in [1.82, 2.24) is 24.7 Å². The number of alkyl carbamates (subject to hydrolysis) is 1. The highest BCUT2D eigenvalue weighted by Gasteiger charge is 2.31. The molecule has 0 radical (unpaired) electrons. The number of aliphatic hydroxyl groups is 1. The zero-order valence-corrected chi connectivity index (χ0v) is 19.9. The topological polar surface area (TPSA) is 99.9 Å². The van der Waals surface area contributed by atoms with Crippen molar-refractivity contribution in [2.75, 3.05) is 39.3 Å². The lowest BCUT2D eigenvalue weighted by Gasteiger charge is -2.39. The third kappa shape index (κ3) is 6.93. The van der Waals surface area contributed by atoms with E-state index in [0.717, 1.165) is 64.2 Å². The van der Waals surface area contributed by atoms with Crippen LogP contribution in [-0.4, -0.2) is 81.3 Å². The minimum Gasteiger partial charge on any atom is -0.444 e. The molecule has 2 aliphatic heterocycles. The zero-order valence-electron chi connectivity index (χ0n) is 19.9. The lowest BCUT2D eigenvalue weighted by molar-refractivity contribution is -0.132. The lowest BCUT2D eigenvalue weighted by Crippen LogP contribution is -2.48. The van der Waals surface area contributed by atoms with Gasteiger partial charge in [-0.1, -0.05) is 0 Å². The number of nitrogens with one attached hydrogen (secondary N) is 1. The molecule has 9 heteroatoms. The maximum absolute atomic E-state index is 12.6. The number of carbonyl (C=O) groups is 2. The first-order valence-electron chi connectivity index (χ1n) is 11.7. The van der Waals surface area contributed by atoms with Crippen molar-refractivity contribution < 1.29 is 19.4 Å². The summed E-state index contributed by atoms with van der Waals surface area (Å²) in [6, 6.07) is 0. The predicted octanol–water partition coefficient (Wildman–Crippen LogP) is 1.93. The van der Waals surface area contributed by atoms with Crippen molar-refractivity contribution in [2.45, 2.75) is 58.2 Å². The molecule has 1 aromatic heterocycles. The van der Waals surface area contributed by atoms with Gasteiger partial charge >= 0.3 is 6.09 Å². The highest BCUT2D eigenvalue weighted by Crippen LogP contribution is 2.30. The van der Waals surface area contributed by atoms with Gasteiger partial charge in [0.2, 0.25) is 5.91 Å². The van der Waals surface area contributed by atoms with Crippen LogP contribution in [0.3, 0.4) is 0 Å². The molecule has 0 spiro atoms. The highest BCUT2D eigenvalue weighted by molar-refractivity contribution is 5.82. The first-order chi connectivity index (χ1) is 15.1. The number of piperidine rings is 2. The fraction of sp³-hybridized carbons (Fsp3) is 0.783. The van der Waals surface area contributed by atoms with E-state index in [2.05, 4.69) is 15.2 Å². The van der Waals surface area contributed by atoms with E-state index in [9.17, 15) is 14.7 Å². The van der Waals surface area contributed by atoms with E-state index >= 15 is 0 Å². The normalized spacial score (nSPS) is 21.9. The summed E-state index contributed by atoms with van der Waals surface area (Å²) in [5.41, 5.74) is -0.579. The third-order valence-corrected chi connectivity index (χ3v) is 6.37. The number of nitrogens with zero attached hydrogens (tertiary/aromatic N) is 4. The molecule has 32 heavy (non-hydrogen) atoms. The summed E-state index contributed by atoms with van der Waals surface area (Å²) >= 11 is 0. The number of rotatable bonds is 6. The van der Waals surface area contributed by atoms with Gasteiger partial charge in [-0.05, 0) is 71.4 Å². The van der Waals surface area contributed by atoms with E-state index in [0.29, 0.717) is 5.92 Å². The summed E-state index contributed by atoms with van der Waals surface area (Å²) in [5.74, 6) is 1.35. The van der Waals surface area contributed by atoms with Crippen molar-refractivity contribution in [3.63, 3.8) is 0 Å². The second-order valence-electron chi connectivity index (χ2n) is 10.2. The Kier molecular flexibility index (Phi) is 8.16. The Hall–Kier alpha value is -2.13. The van der Waals surface area contributed by atoms with E-state index in [1.165, 1.54) is 0 Å². The summed E-state index contributed by atoms with van der Waals surface area (Å²) in [6.07, 6.45) is 6.51. The van der Waals surface area contributed by atoms with Crippen LogP contribution in [0, 0.1) is 11.8 Å². The monoisotopic (exact) mass is 449 g/mol. The lowest BCUT2D eigenvalue weighted by atomic mass is 9.89. The van der Waals surface area contributed by atoms with Crippen LogP contribution in [0.5, 0.6) is 0 Å². The van der Waals surface area contributed by atoms with Crippen LogP contribution in [0.2, 0.25) is 0 Å². The number of imidazole rings is 1. The number of amides is 2. The standard InChI is InChI=1S/C23H39N5O4/c1-23(2,3)32-22(31)25-14-19(29)28-10-5-6-17(16-28)15-27-11-7-18(8-12-27)20(30)21-24-9-13-26(21)4/h9,13,17-18,20,30H,5-8,10-12,14-16H2,1-4H3,(H,25,31)/t17-,20-/m0/s1. The molecule has 2 amide bonds. The Labute approximate surface area is 191 Å². The van der Waals surface area contributed by atoms with Gasteiger partial charge in [0.1, 0.15) is 24.1 Å². The molecule has 2 fully saturated rings. The predicted molar refractivity (Wildman–Crippen MR) is 121 cm³/mol. The van der Waals surface area contributed by atoms with E-state index in [1.54, 1.807) is 27.0 Å². The fourth-order valence-corrected chi connectivity index (χ4v) is 4.70. The minimum absolute atomic E-state index is 0.0297. The number of aliphatic hydroxyl groups excluding tert-OH is 1. The highest BCUT2D eigenvalue weighted by atomic mass is 16.6. The van der Waals surface area contributed by atoms with Gasteiger partial charge in [-0.2, -0.15) is 0 Å². The van der Waals surface area contributed by atoms with Crippen LogP contribution in [0.1, 0.15) is 58.4 Å². The van der Waals surface area contributed by atoms with Gasteiger partial charge in [-0.3, -0.25) is 4.79 Å². The molecule has 2 saturated heterocycles. The van der Waals surface area contributed by atoms with Crippen molar-refractivity contribution in [3.8, 4) is 0 Å². The largest absolute Gasteiger partial charge is 0.444 e. The second-order valence-corrected chi connectivity index (χ2v) is 10.2. The van der Waals surface area contributed by atoms with Crippen LogP contribution in [0.25, 0.3) is 0 Å². The van der Waals surface area contributed by atoms with Crippen molar-refractivity contribution >= 4 is 12.0 Å². The maximum Gasteiger partial charge on any atom is 0.408 e. The van der Waals surface area contributed by atoms with Crippen molar-refractivity contribution in [1.29, 1.82) is 0 Å². The first-order valence-corrected chi connectivity index (χ1v) is 11.7. The average Bonchev–Trinajstić information content (AvgIpc) is 3.17. The smallest absolute Gasteiger partial charge is 0.408 e. The number of ether oxygens (including phenoxy) is 1. The van der Waals surface area contributed by atoms with Crippen LogP contribution in [0.4, 0.5) is 4.79 Å². The SMILES string of the molecule is Cn1ccnc1[C@@H](O)C1CCN(C[C@@H]2CCCN(C(=O)CNC(=O)OC(C)(C)C)C2)CC1. The van der Waals surface area contributed by atoms with Crippen molar-refractivity contribution in [3.05, 3.63) is 18.2 Å². The quantitative estimate of drug-likeness (QED) is 0.688. The molecule has 0 bridgehead atoms. The average molecular weight is 450 g/mol.